The number of pyridine rings is 1. The number of aromatic nitrogens is 1. The fraction of sp³-hybridized carbons (Fsp3) is 0.686. The number of hydrogen-bond acceptors (Lipinski definition) is 9. The van der Waals surface area contributed by atoms with Crippen molar-refractivity contribution in [3.8, 4) is 17.1 Å². The number of esters is 1. The lowest BCUT2D eigenvalue weighted by Crippen LogP contribution is -2.74. The summed E-state index contributed by atoms with van der Waals surface area (Å²) in [4.78, 5) is 30.3. The van der Waals surface area contributed by atoms with Gasteiger partial charge in [0.25, 0.3) is 0 Å². The van der Waals surface area contributed by atoms with E-state index >= 15 is 0 Å². The summed E-state index contributed by atoms with van der Waals surface area (Å²) in [5.74, 6) is -0.512. The maximum absolute atomic E-state index is 13.6. The van der Waals surface area contributed by atoms with Crippen molar-refractivity contribution < 1.29 is 32.6 Å². The molecule has 2 aliphatic carbocycles. The van der Waals surface area contributed by atoms with Crippen molar-refractivity contribution in [2.24, 2.45) is 22.7 Å². The van der Waals surface area contributed by atoms with E-state index in [1.165, 1.54) is 6.92 Å². The van der Waals surface area contributed by atoms with Crippen LogP contribution in [0, 0.1) is 22.7 Å². The van der Waals surface area contributed by atoms with Gasteiger partial charge < -0.3 is 27.8 Å². The summed E-state index contributed by atoms with van der Waals surface area (Å²) >= 11 is 0. The molecule has 0 radical (unpaired) electrons. The maximum atomic E-state index is 13.6. The lowest BCUT2D eigenvalue weighted by Gasteiger charge is -2.69. The normalized spacial score (nSPS) is 37.3. The van der Waals surface area contributed by atoms with Gasteiger partial charge in [-0.25, -0.2) is 4.79 Å². The van der Waals surface area contributed by atoms with E-state index in [0.29, 0.717) is 24.4 Å². The number of rotatable bonds is 2. The molecule has 2 aromatic rings. The first-order valence-corrected chi connectivity index (χ1v) is 18.0. The summed E-state index contributed by atoms with van der Waals surface area (Å²) in [5.41, 5.74) is -1.97. The van der Waals surface area contributed by atoms with Crippen molar-refractivity contribution in [1.29, 1.82) is 0 Å². The topological polar surface area (TPSA) is 117 Å². The molecule has 3 fully saturated rings. The highest BCUT2D eigenvalue weighted by Gasteiger charge is 2.73. The molecule has 2 aromatic heterocycles. The molecule has 6 rings (SSSR count). The van der Waals surface area contributed by atoms with E-state index in [-0.39, 0.29) is 33.4 Å². The van der Waals surface area contributed by atoms with Crippen LogP contribution in [-0.4, -0.2) is 49.0 Å². The first kappa shape index (κ1) is 32.4. The van der Waals surface area contributed by atoms with Gasteiger partial charge in [0.2, 0.25) is 0 Å². The van der Waals surface area contributed by atoms with Crippen molar-refractivity contribution in [3.05, 3.63) is 46.6 Å². The predicted octanol–water partition coefficient (Wildman–Crippen LogP) is 6.72. The third-order valence-electron chi connectivity index (χ3n) is 11.7. The Morgan fingerprint density at radius 1 is 1.11 bits per heavy atom. The van der Waals surface area contributed by atoms with Crippen LogP contribution < -0.4 is 10.4 Å². The first-order chi connectivity index (χ1) is 20.8. The molecular weight excluding hydrogens is 590 g/mol. The Morgan fingerprint density at radius 3 is 2.40 bits per heavy atom. The second-order valence-electron chi connectivity index (χ2n) is 16.6. The van der Waals surface area contributed by atoms with Crippen LogP contribution in [0.5, 0.6) is 5.75 Å². The van der Waals surface area contributed by atoms with Crippen LogP contribution in [0.4, 0.5) is 0 Å². The molecule has 2 saturated carbocycles. The summed E-state index contributed by atoms with van der Waals surface area (Å²) in [7, 11) is -2.73. The van der Waals surface area contributed by atoms with E-state index < -0.39 is 54.7 Å². The summed E-state index contributed by atoms with van der Waals surface area (Å²) in [6.45, 7) is 21.6. The molecule has 8 atom stereocenters. The zero-order chi connectivity index (χ0) is 33.0. The summed E-state index contributed by atoms with van der Waals surface area (Å²) < 4.78 is 32.9. The fourth-order valence-corrected chi connectivity index (χ4v) is 15.2. The fourth-order valence-electron chi connectivity index (χ4n) is 9.98. The predicted molar refractivity (Wildman–Crippen MR) is 171 cm³/mol. The van der Waals surface area contributed by atoms with E-state index in [1.807, 2.05) is 6.92 Å². The van der Waals surface area contributed by atoms with Crippen molar-refractivity contribution in [2.75, 3.05) is 6.61 Å². The van der Waals surface area contributed by atoms with Crippen LogP contribution in [0.15, 0.2) is 39.8 Å². The second-order valence-corrected chi connectivity index (χ2v) is 21.3. The smallest absolute Gasteiger partial charge is 0.349 e. The Balaban J connectivity index is 1.45. The standard InChI is InChI=1S/C35H49NO8Si/c1-20(37)41-26-17-24-33(8,14-13-25-34(24,9)19-40-45(44-25,31(2,3)4)32(5,6)7)29-28(38)27-23(43-35(26,29)10)16-22(42-30(27)39)21-12-11-15-36-18-21/h11-12,15-16,18,24-26,28-29,38H,13-14,17,19H2,1-10H3/t24?,25-,26-,28-,29?,33-,34?,35+/m0/s1. The largest absolute Gasteiger partial charge is 0.482 e. The zero-order valence-corrected chi connectivity index (χ0v) is 29.4. The third-order valence-corrected chi connectivity index (χ3v) is 16.8. The Kier molecular flexibility index (Phi) is 7.37. The van der Waals surface area contributed by atoms with E-state index in [4.69, 9.17) is 22.7 Å². The van der Waals surface area contributed by atoms with Gasteiger partial charge in [0, 0.05) is 59.0 Å². The van der Waals surface area contributed by atoms with Gasteiger partial charge in [0.15, 0.2) is 0 Å². The van der Waals surface area contributed by atoms with Gasteiger partial charge >= 0.3 is 20.2 Å². The molecular formula is C35H49NO8Si. The second kappa shape index (κ2) is 10.2. The molecule has 0 bridgehead atoms. The number of carbonyl (C=O) groups excluding carboxylic acids is 1. The van der Waals surface area contributed by atoms with Gasteiger partial charge in [0.05, 0.1) is 12.2 Å². The van der Waals surface area contributed by atoms with Crippen LogP contribution in [-0.2, 0) is 18.4 Å². The Bertz CT molecular complexity index is 1530. The SMILES string of the molecule is CC(=O)O[C@H]1CC2C3(C)CO[Si](C(C)(C)C)(C(C)(C)C)O[C@H]3CC[C@]2(C)C2[C@@H](O)c3c(cc(-c4cccnc4)oc3=O)O[C@@]21C. The highest BCUT2D eigenvalue weighted by atomic mass is 28.4. The van der Waals surface area contributed by atoms with Crippen LogP contribution in [0.2, 0.25) is 10.1 Å². The van der Waals surface area contributed by atoms with Gasteiger partial charge in [-0.15, -0.1) is 0 Å². The average molecular weight is 640 g/mol. The maximum Gasteiger partial charge on any atom is 0.349 e. The minimum absolute atomic E-state index is 0.0559. The summed E-state index contributed by atoms with van der Waals surface area (Å²) in [6.07, 6.45) is 3.35. The van der Waals surface area contributed by atoms with Gasteiger partial charge in [-0.2, -0.15) is 0 Å². The number of aliphatic hydroxyl groups excluding tert-OH is 1. The van der Waals surface area contributed by atoms with Gasteiger partial charge in [0.1, 0.15) is 28.8 Å². The molecule has 4 heterocycles. The molecule has 0 aromatic carbocycles. The minimum Gasteiger partial charge on any atom is -0.482 e. The van der Waals surface area contributed by atoms with E-state index in [0.717, 1.165) is 12.8 Å². The van der Waals surface area contributed by atoms with Crippen molar-refractivity contribution in [1.82, 2.24) is 4.98 Å². The number of nitrogens with zero attached hydrogens (tertiary/aromatic N) is 1. The van der Waals surface area contributed by atoms with Crippen molar-refractivity contribution >= 4 is 14.5 Å². The molecule has 2 aliphatic heterocycles. The van der Waals surface area contributed by atoms with E-state index in [9.17, 15) is 14.7 Å². The van der Waals surface area contributed by atoms with Crippen LogP contribution >= 0.6 is 0 Å². The third kappa shape index (κ3) is 4.60. The van der Waals surface area contributed by atoms with Crippen LogP contribution in [0.1, 0.15) is 100 Å². The van der Waals surface area contributed by atoms with Gasteiger partial charge in [-0.3, -0.25) is 9.78 Å². The van der Waals surface area contributed by atoms with Crippen LogP contribution in [0.3, 0.4) is 0 Å². The minimum atomic E-state index is -2.73. The summed E-state index contributed by atoms with van der Waals surface area (Å²) in [6, 6.07) is 5.19. The number of fused-ring (bicyclic) bond motifs is 6. The Morgan fingerprint density at radius 2 is 1.80 bits per heavy atom. The highest BCUT2D eigenvalue weighted by Crippen LogP contribution is 2.69. The molecule has 45 heavy (non-hydrogen) atoms. The number of ether oxygens (including phenoxy) is 2. The van der Waals surface area contributed by atoms with Crippen molar-refractivity contribution in [2.45, 2.75) is 122 Å². The molecule has 3 unspecified atom stereocenters. The quantitative estimate of drug-likeness (QED) is 0.282. The molecule has 246 valence electrons. The van der Waals surface area contributed by atoms with E-state index in [2.05, 4.69) is 60.4 Å². The summed E-state index contributed by atoms with van der Waals surface area (Å²) in [5, 5.41) is 11.9. The van der Waals surface area contributed by atoms with Crippen LogP contribution in [0.25, 0.3) is 11.3 Å². The Labute approximate surface area is 267 Å². The molecule has 0 amide bonds. The molecule has 4 aliphatic rings. The number of aliphatic hydroxyl groups is 1. The Hall–Kier alpha value is -2.53. The molecule has 0 spiro atoms. The lowest BCUT2D eigenvalue weighted by atomic mass is 9.42. The molecule has 1 N–H and O–H groups in total. The monoisotopic (exact) mass is 639 g/mol. The van der Waals surface area contributed by atoms with Gasteiger partial charge in [-0.1, -0.05) is 55.4 Å². The van der Waals surface area contributed by atoms with E-state index in [1.54, 1.807) is 30.6 Å². The molecule has 10 heteroatoms. The molecule has 1 saturated heterocycles. The number of carbonyl (C=O) groups is 1. The lowest BCUT2D eigenvalue weighted by molar-refractivity contribution is -0.274. The average Bonchev–Trinajstić information content (AvgIpc) is 2.92. The highest BCUT2D eigenvalue weighted by molar-refractivity contribution is 6.73. The zero-order valence-electron chi connectivity index (χ0n) is 28.4. The first-order valence-electron chi connectivity index (χ1n) is 16.2. The van der Waals surface area contributed by atoms with Crippen molar-refractivity contribution in [3.63, 3.8) is 0 Å². The van der Waals surface area contributed by atoms with Gasteiger partial charge in [-0.05, 0) is 49.7 Å². The number of hydrogen-bond donors (Lipinski definition) is 1. The molecule has 9 nitrogen and oxygen atoms in total.